The van der Waals surface area contributed by atoms with Crippen molar-refractivity contribution < 1.29 is 4.74 Å². The second kappa shape index (κ2) is 7.07. The summed E-state index contributed by atoms with van der Waals surface area (Å²) in [4.78, 5) is 3.33. The number of aromatic amines is 1. The molecule has 0 bridgehead atoms. The van der Waals surface area contributed by atoms with E-state index in [0.717, 1.165) is 29.3 Å². The number of para-hydroxylation sites is 2. The monoisotopic (exact) mass is 328 g/mol. The minimum absolute atomic E-state index is 0.241. The van der Waals surface area contributed by atoms with Crippen molar-refractivity contribution in [3.05, 3.63) is 64.8 Å². The highest BCUT2D eigenvalue weighted by Crippen LogP contribution is 2.38. The minimum atomic E-state index is 0.241. The van der Waals surface area contributed by atoms with Gasteiger partial charge in [0, 0.05) is 23.1 Å². The first-order valence-electron chi connectivity index (χ1n) is 7.79. The zero-order valence-electron chi connectivity index (χ0n) is 13.4. The van der Waals surface area contributed by atoms with Crippen LogP contribution in [0.4, 0.5) is 0 Å². The molecule has 0 fully saturated rings. The van der Waals surface area contributed by atoms with E-state index >= 15 is 0 Å². The van der Waals surface area contributed by atoms with Gasteiger partial charge in [-0.2, -0.15) is 0 Å². The molecule has 0 spiro atoms. The third-order valence-electron chi connectivity index (χ3n) is 4.27. The molecule has 3 aromatic rings. The Morgan fingerprint density at radius 3 is 2.74 bits per heavy atom. The highest BCUT2D eigenvalue weighted by Gasteiger charge is 2.21. The Labute approximate surface area is 141 Å². The summed E-state index contributed by atoms with van der Waals surface area (Å²) in [6.45, 7) is 0.927. The number of hydrogen-bond donors (Lipinski definition) is 2. The maximum absolute atomic E-state index is 6.32. The van der Waals surface area contributed by atoms with Crippen LogP contribution in [0.2, 0.25) is 5.02 Å². The van der Waals surface area contributed by atoms with E-state index in [1.54, 1.807) is 7.11 Å². The van der Waals surface area contributed by atoms with Crippen molar-refractivity contribution in [2.75, 3.05) is 20.7 Å². The summed E-state index contributed by atoms with van der Waals surface area (Å²) in [5.41, 5.74) is 3.45. The normalized spacial score (nSPS) is 12.5. The van der Waals surface area contributed by atoms with E-state index in [9.17, 15) is 0 Å². The van der Waals surface area contributed by atoms with Gasteiger partial charge < -0.3 is 15.0 Å². The molecule has 0 aliphatic rings. The predicted molar refractivity (Wildman–Crippen MR) is 96.7 cm³/mol. The van der Waals surface area contributed by atoms with Crippen LogP contribution in [-0.4, -0.2) is 25.7 Å². The molecule has 1 atom stereocenters. The second-order valence-corrected chi connectivity index (χ2v) is 6.00. The van der Waals surface area contributed by atoms with Crippen molar-refractivity contribution in [3.63, 3.8) is 0 Å². The third-order valence-corrected chi connectivity index (χ3v) is 4.58. The van der Waals surface area contributed by atoms with Gasteiger partial charge in [-0.25, -0.2) is 0 Å². The van der Waals surface area contributed by atoms with Crippen molar-refractivity contribution >= 4 is 22.5 Å². The van der Waals surface area contributed by atoms with Crippen molar-refractivity contribution in [1.82, 2.24) is 10.3 Å². The highest BCUT2D eigenvalue weighted by molar-refractivity contribution is 6.35. The third kappa shape index (κ3) is 3.07. The summed E-state index contributed by atoms with van der Waals surface area (Å²) < 4.78 is 5.58. The number of ether oxygens (including phenoxy) is 1. The molecule has 0 amide bonds. The molecule has 3 nitrogen and oxygen atoms in total. The lowest BCUT2D eigenvalue weighted by Gasteiger charge is -2.20. The average Bonchev–Trinajstić information content (AvgIpc) is 3.01. The van der Waals surface area contributed by atoms with Crippen molar-refractivity contribution in [2.24, 2.45) is 0 Å². The molecule has 2 aromatic carbocycles. The van der Waals surface area contributed by atoms with Crippen molar-refractivity contribution in [1.29, 1.82) is 0 Å². The summed E-state index contributed by atoms with van der Waals surface area (Å²) in [6.07, 6.45) is 3.06. The number of benzene rings is 2. The van der Waals surface area contributed by atoms with Crippen LogP contribution in [0.25, 0.3) is 10.9 Å². The molecule has 1 aromatic heterocycles. The van der Waals surface area contributed by atoms with Gasteiger partial charge in [-0.3, -0.25) is 0 Å². The van der Waals surface area contributed by atoms with Gasteiger partial charge in [0.2, 0.25) is 0 Å². The fourth-order valence-electron chi connectivity index (χ4n) is 3.15. The van der Waals surface area contributed by atoms with Gasteiger partial charge in [-0.15, -0.1) is 0 Å². The smallest absolute Gasteiger partial charge is 0.122 e. The van der Waals surface area contributed by atoms with E-state index < -0.39 is 0 Å². The second-order valence-electron chi connectivity index (χ2n) is 5.59. The van der Waals surface area contributed by atoms with Crippen molar-refractivity contribution in [2.45, 2.75) is 12.3 Å². The number of aromatic nitrogens is 1. The van der Waals surface area contributed by atoms with Crippen LogP contribution in [0.15, 0.2) is 48.7 Å². The van der Waals surface area contributed by atoms with E-state index in [2.05, 4.69) is 34.7 Å². The van der Waals surface area contributed by atoms with Gasteiger partial charge in [-0.1, -0.05) is 41.9 Å². The molecule has 0 saturated heterocycles. The fourth-order valence-corrected chi connectivity index (χ4v) is 3.38. The molecule has 0 saturated carbocycles. The zero-order valence-corrected chi connectivity index (χ0v) is 14.2. The average molecular weight is 329 g/mol. The van der Waals surface area contributed by atoms with Crippen molar-refractivity contribution in [3.8, 4) is 5.75 Å². The Bertz CT molecular complexity index is 797. The molecule has 3 rings (SSSR count). The van der Waals surface area contributed by atoms with Crippen LogP contribution in [0.3, 0.4) is 0 Å². The number of fused-ring (bicyclic) bond motifs is 1. The van der Waals surface area contributed by atoms with Crippen LogP contribution in [0, 0.1) is 0 Å². The van der Waals surface area contributed by atoms with E-state index in [1.165, 1.54) is 16.5 Å². The van der Waals surface area contributed by atoms with Crippen LogP contribution in [0.1, 0.15) is 23.5 Å². The largest absolute Gasteiger partial charge is 0.496 e. The Morgan fingerprint density at radius 1 is 1.13 bits per heavy atom. The maximum Gasteiger partial charge on any atom is 0.122 e. The molecule has 0 radical (unpaired) electrons. The van der Waals surface area contributed by atoms with Gasteiger partial charge in [0.1, 0.15) is 5.75 Å². The molecular formula is C19H21ClN2O. The van der Waals surface area contributed by atoms with Crippen LogP contribution in [-0.2, 0) is 0 Å². The number of H-pyrrole nitrogens is 1. The lowest BCUT2D eigenvalue weighted by Crippen LogP contribution is -2.13. The van der Waals surface area contributed by atoms with Gasteiger partial charge in [-0.05, 0) is 37.7 Å². The Morgan fingerprint density at radius 2 is 1.96 bits per heavy atom. The number of methoxy groups -OCH3 is 1. The first-order valence-corrected chi connectivity index (χ1v) is 8.17. The van der Waals surface area contributed by atoms with E-state index in [-0.39, 0.29) is 5.92 Å². The molecule has 23 heavy (non-hydrogen) atoms. The van der Waals surface area contributed by atoms with Crippen LogP contribution >= 0.6 is 11.6 Å². The molecule has 1 unspecified atom stereocenters. The molecule has 1 heterocycles. The van der Waals surface area contributed by atoms with Crippen LogP contribution < -0.4 is 10.1 Å². The topological polar surface area (TPSA) is 37.0 Å². The number of nitrogens with one attached hydrogen (secondary N) is 2. The van der Waals surface area contributed by atoms with Gasteiger partial charge in [0.05, 0.1) is 17.6 Å². The highest BCUT2D eigenvalue weighted by atomic mass is 35.5. The number of rotatable bonds is 6. The first-order chi connectivity index (χ1) is 11.3. The summed E-state index contributed by atoms with van der Waals surface area (Å²) in [5.74, 6) is 1.16. The molecular weight excluding hydrogens is 308 g/mol. The lowest BCUT2D eigenvalue weighted by molar-refractivity contribution is 0.406. The van der Waals surface area contributed by atoms with Gasteiger partial charge >= 0.3 is 0 Å². The van der Waals surface area contributed by atoms with E-state index in [1.807, 2.05) is 31.3 Å². The fraction of sp³-hybridized carbons (Fsp3) is 0.263. The standard InChI is InChI=1S/C19H21ClN2O/c1-21-11-10-13(14-6-3-4-9-18(14)23-2)16-12-22-19-15(16)7-5-8-17(19)20/h3-9,12-13,21-22H,10-11H2,1-2H3. The Kier molecular flexibility index (Phi) is 4.89. The number of halogens is 1. The first kappa shape index (κ1) is 15.9. The Balaban J connectivity index is 2.13. The van der Waals surface area contributed by atoms with E-state index in [0.29, 0.717) is 0 Å². The quantitative estimate of drug-likeness (QED) is 0.695. The predicted octanol–water partition coefficient (Wildman–Crippen LogP) is 4.57. The summed E-state index contributed by atoms with van der Waals surface area (Å²) >= 11 is 6.32. The molecule has 0 aliphatic carbocycles. The van der Waals surface area contributed by atoms with Crippen LogP contribution in [0.5, 0.6) is 5.75 Å². The summed E-state index contributed by atoms with van der Waals surface area (Å²) in [6, 6.07) is 14.3. The molecule has 0 aliphatic heterocycles. The lowest BCUT2D eigenvalue weighted by atomic mass is 9.87. The maximum atomic E-state index is 6.32. The minimum Gasteiger partial charge on any atom is -0.496 e. The molecule has 2 N–H and O–H groups in total. The van der Waals surface area contributed by atoms with Gasteiger partial charge in [0.25, 0.3) is 0 Å². The molecule has 4 heteroatoms. The summed E-state index contributed by atoms with van der Waals surface area (Å²) in [7, 11) is 3.70. The Hall–Kier alpha value is -1.97. The zero-order chi connectivity index (χ0) is 16.2. The van der Waals surface area contributed by atoms with Gasteiger partial charge in [0.15, 0.2) is 0 Å². The number of hydrogen-bond acceptors (Lipinski definition) is 2. The van der Waals surface area contributed by atoms with E-state index in [4.69, 9.17) is 16.3 Å². The SMILES string of the molecule is CNCCC(c1ccccc1OC)c1c[nH]c2c(Cl)cccc12. The summed E-state index contributed by atoms with van der Waals surface area (Å²) in [5, 5.41) is 5.17. The molecule has 120 valence electrons.